The number of ether oxygens (including phenoxy) is 2. The molecule has 1 amide bonds. The molecule has 1 aliphatic heterocycles. The number of amides is 1. The molecule has 2 rings (SSSR count). The zero-order chi connectivity index (χ0) is 15.4. The van der Waals surface area contributed by atoms with E-state index in [2.05, 4.69) is 0 Å². The summed E-state index contributed by atoms with van der Waals surface area (Å²) in [6.07, 6.45) is 0.569. The normalized spacial score (nSPS) is 15.2. The van der Waals surface area contributed by atoms with Crippen LogP contribution in [-0.2, 0) is 20.9 Å². The molecule has 0 radical (unpaired) electrons. The van der Waals surface area contributed by atoms with Gasteiger partial charge >= 0.3 is 5.97 Å². The van der Waals surface area contributed by atoms with E-state index in [4.69, 9.17) is 15.2 Å². The molecule has 0 saturated carbocycles. The van der Waals surface area contributed by atoms with E-state index in [0.29, 0.717) is 18.0 Å². The Balaban J connectivity index is 2.19. The number of hydrogen-bond donors (Lipinski definition) is 1. The van der Waals surface area contributed by atoms with Gasteiger partial charge in [-0.2, -0.15) is 0 Å². The third-order valence-electron chi connectivity index (χ3n) is 3.40. The smallest absolute Gasteiger partial charge is 0.326 e. The lowest BCUT2D eigenvalue weighted by Crippen LogP contribution is -2.43. The standard InChI is InChI=1S/C15H20N2O4/c1-3-10(2)21-15(19)8-17-12-6-11(7-16)4-5-13(12)20-9-14(17)18/h4-6,10H,3,7-9,16H2,1-2H3. The van der Waals surface area contributed by atoms with Crippen LogP contribution in [-0.4, -0.2) is 31.1 Å². The van der Waals surface area contributed by atoms with Crippen LogP contribution in [0.1, 0.15) is 25.8 Å². The number of esters is 1. The first-order chi connectivity index (χ1) is 10.0. The van der Waals surface area contributed by atoms with E-state index in [1.807, 2.05) is 19.9 Å². The molecule has 21 heavy (non-hydrogen) atoms. The first-order valence-corrected chi connectivity index (χ1v) is 7.00. The van der Waals surface area contributed by atoms with E-state index in [1.165, 1.54) is 4.90 Å². The Hall–Kier alpha value is -2.08. The Labute approximate surface area is 123 Å². The van der Waals surface area contributed by atoms with Gasteiger partial charge in [0.2, 0.25) is 0 Å². The van der Waals surface area contributed by atoms with Gasteiger partial charge in [-0.1, -0.05) is 13.0 Å². The van der Waals surface area contributed by atoms with Gasteiger partial charge in [0.15, 0.2) is 6.61 Å². The highest BCUT2D eigenvalue weighted by Crippen LogP contribution is 2.32. The second kappa shape index (κ2) is 6.58. The topological polar surface area (TPSA) is 81.9 Å². The molecular weight excluding hydrogens is 272 g/mol. The summed E-state index contributed by atoms with van der Waals surface area (Å²) >= 11 is 0. The van der Waals surface area contributed by atoms with Gasteiger partial charge in [-0.05, 0) is 31.0 Å². The van der Waals surface area contributed by atoms with Gasteiger partial charge in [-0.15, -0.1) is 0 Å². The minimum absolute atomic E-state index is 0.0778. The molecule has 1 atom stereocenters. The lowest BCUT2D eigenvalue weighted by Gasteiger charge is -2.29. The molecule has 1 heterocycles. The van der Waals surface area contributed by atoms with Crippen molar-refractivity contribution in [2.45, 2.75) is 32.9 Å². The molecule has 1 unspecified atom stereocenters. The zero-order valence-corrected chi connectivity index (χ0v) is 12.3. The minimum Gasteiger partial charge on any atom is -0.482 e. The Kier molecular flexibility index (Phi) is 4.80. The van der Waals surface area contributed by atoms with E-state index >= 15 is 0 Å². The molecule has 1 aromatic carbocycles. The number of nitrogens with two attached hydrogens (primary N) is 1. The maximum absolute atomic E-state index is 12.0. The van der Waals surface area contributed by atoms with E-state index in [1.54, 1.807) is 12.1 Å². The molecule has 6 heteroatoms. The summed E-state index contributed by atoms with van der Waals surface area (Å²) in [5.74, 6) is -0.121. The van der Waals surface area contributed by atoms with Gasteiger partial charge in [0.05, 0.1) is 11.8 Å². The summed E-state index contributed by atoms with van der Waals surface area (Å²) < 4.78 is 10.6. The van der Waals surface area contributed by atoms with Crippen LogP contribution in [0.4, 0.5) is 5.69 Å². The van der Waals surface area contributed by atoms with Crippen molar-refractivity contribution >= 4 is 17.6 Å². The average Bonchev–Trinajstić information content (AvgIpc) is 2.49. The lowest BCUT2D eigenvalue weighted by atomic mass is 10.1. The van der Waals surface area contributed by atoms with Gasteiger partial charge in [0, 0.05) is 6.54 Å². The van der Waals surface area contributed by atoms with E-state index in [-0.39, 0.29) is 25.2 Å². The summed E-state index contributed by atoms with van der Waals surface area (Å²) in [5.41, 5.74) is 7.05. The van der Waals surface area contributed by atoms with E-state index in [0.717, 1.165) is 12.0 Å². The fraction of sp³-hybridized carbons (Fsp3) is 0.467. The van der Waals surface area contributed by atoms with Crippen molar-refractivity contribution in [3.8, 4) is 5.75 Å². The molecule has 0 saturated heterocycles. The van der Waals surface area contributed by atoms with Gasteiger partial charge in [-0.3, -0.25) is 14.5 Å². The number of carbonyl (C=O) groups excluding carboxylic acids is 2. The average molecular weight is 292 g/mol. The van der Waals surface area contributed by atoms with Crippen molar-refractivity contribution in [2.24, 2.45) is 5.73 Å². The summed E-state index contributed by atoms with van der Waals surface area (Å²) in [4.78, 5) is 25.3. The maximum Gasteiger partial charge on any atom is 0.326 e. The predicted molar refractivity (Wildman–Crippen MR) is 78.0 cm³/mol. The van der Waals surface area contributed by atoms with Crippen LogP contribution in [0.3, 0.4) is 0 Å². The molecule has 0 bridgehead atoms. The van der Waals surface area contributed by atoms with Gasteiger partial charge in [0.1, 0.15) is 12.3 Å². The summed E-state index contributed by atoms with van der Waals surface area (Å²) in [6, 6.07) is 5.37. The van der Waals surface area contributed by atoms with E-state index in [9.17, 15) is 9.59 Å². The number of hydrogen-bond acceptors (Lipinski definition) is 5. The number of fused-ring (bicyclic) bond motifs is 1. The van der Waals surface area contributed by atoms with Gasteiger partial charge < -0.3 is 15.2 Å². The van der Waals surface area contributed by atoms with Crippen molar-refractivity contribution in [1.29, 1.82) is 0 Å². The molecule has 0 aliphatic carbocycles. The molecule has 0 spiro atoms. The number of anilines is 1. The van der Waals surface area contributed by atoms with Crippen LogP contribution in [0.5, 0.6) is 5.75 Å². The molecule has 114 valence electrons. The number of benzene rings is 1. The van der Waals surface area contributed by atoms with Crippen molar-refractivity contribution in [1.82, 2.24) is 0 Å². The Morgan fingerprint density at radius 3 is 2.95 bits per heavy atom. The summed E-state index contributed by atoms with van der Waals surface area (Å²) in [7, 11) is 0. The molecule has 1 aromatic rings. The van der Waals surface area contributed by atoms with Crippen molar-refractivity contribution in [3.63, 3.8) is 0 Å². The number of nitrogens with zero attached hydrogens (tertiary/aromatic N) is 1. The monoisotopic (exact) mass is 292 g/mol. The van der Waals surface area contributed by atoms with Gasteiger partial charge in [-0.25, -0.2) is 0 Å². The highest BCUT2D eigenvalue weighted by Gasteiger charge is 2.28. The molecule has 1 aliphatic rings. The predicted octanol–water partition coefficient (Wildman–Crippen LogP) is 1.21. The fourth-order valence-corrected chi connectivity index (χ4v) is 2.02. The minimum atomic E-state index is -0.427. The Morgan fingerprint density at radius 2 is 2.29 bits per heavy atom. The molecule has 0 aromatic heterocycles. The molecule has 0 fully saturated rings. The van der Waals surface area contributed by atoms with E-state index < -0.39 is 5.97 Å². The van der Waals surface area contributed by atoms with Crippen LogP contribution < -0.4 is 15.4 Å². The lowest BCUT2D eigenvalue weighted by molar-refractivity contribution is -0.147. The molecule has 2 N–H and O–H groups in total. The third-order valence-corrected chi connectivity index (χ3v) is 3.40. The number of carbonyl (C=O) groups is 2. The SMILES string of the molecule is CCC(C)OC(=O)CN1C(=O)COc2ccc(CN)cc21. The molecule has 6 nitrogen and oxygen atoms in total. The highest BCUT2D eigenvalue weighted by atomic mass is 16.5. The fourth-order valence-electron chi connectivity index (χ4n) is 2.02. The van der Waals surface area contributed by atoms with Gasteiger partial charge in [0.25, 0.3) is 5.91 Å². The quantitative estimate of drug-likeness (QED) is 0.825. The van der Waals surface area contributed by atoms with Crippen LogP contribution in [0.25, 0.3) is 0 Å². The zero-order valence-electron chi connectivity index (χ0n) is 12.3. The Bertz CT molecular complexity index is 544. The highest BCUT2D eigenvalue weighted by molar-refractivity contribution is 6.01. The van der Waals surface area contributed by atoms with Crippen molar-refractivity contribution in [3.05, 3.63) is 23.8 Å². The van der Waals surface area contributed by atoms with Crippen LogP contribution >= 0.6 is 0 Å². The largest absolute Gasteiger partial charge is 0.482 e. The van der Waals surface area contributed by atoms with Crippen molar-refractivity contribution in [2.75, 3.05) is 18.1 Å². The first-order valence-electron chi connectivity index (χ1n) is 7.00. The van der Waals surface area contributed by atoms with Crippen LogP contribution in [0.15, 0.2) is 18.2 Å². The van der Waals surface area contributed by atoms with Crippen molar-refractivity contribution < 1.29 is 19.1 Å². The second-order valence-electron chi connectivity index (χ2n) is 4.98. The second-order valence-corrected chi connectivity index (χ2v) is 4.98. The summed E-state index contributed by atoms with van der Waals surface area (Å²) in [6.45, 7) is 3.91. The third kappa shape index (κ3) is 3.52. The molecular formula is C15H20N2O4. The summed E-state index contributed by atoms with van der Waals surface area (Å²) in [5, 5.41) is 0. The van der Waals surface area contributed by atoms with Crippen LogP contribution in [0.2, 0.25) is 0 Å². The van der Waals surface area contributed by atoms with Crippen LogP contribution in [0, 0.1) is 0 Å². The first kappa shape index (κ1) is 15.3. The Morgan fingerprint density at radius 1 is 1.52 bits per heavy atom. The maximum atomic E-state index is 12.0. The number of rotatable bonds is 5.